The Morgan fingerprint density at radius 1 is 1.00 bits per heavy atom. The predicted octanol–water partition coefficient (Wildman–Crippen LogP) is 4.10. The van der Waals surface area contributed by atoms with Crippen LogP contribution in [0.1, 0.15) is 15.9 Å². The molecule has 1 aliphatic heterocycles. The third-order valence-corrected chi connectivity index (χ3v) is 5.54. The highest BCUT2D eigenvalue weighted by molar-refractivity contribution is 5.98. The number of anilines is 1. The molecule has 0 atom stereocenters. The van der Waals surface area contributed by atoms with E-state index in [1.165, 1.54) is 0 Å². The Kier molecular flexibility index (Phi) is 4.77. The van der Waals surface area contributed by atoms with Gasteiger partial charge in [-0.15, -0.1) is 0 Å². The number of amides is 1. The van der Waals surface area contributed by atoms with Gasteiger partial charge >= 0.3 is 0 Å². The number of carbonyl (C=O) groups is 1. The lowest BCUT2D eigenvalue weighted by Crippen LogP contribution is -2.57. The summed E-state index contributed by atoms with van der Waals surface area (Å²) in [6.07, 6.45) is 6.90. The third-order valence-electron chi connectivity index (χ3n) is 5.54. The van der Waals surface area contributed by atoms with Crippen LogP contribution >= 0.6 is 0 Å². The van der Waals surface area contributed by atoms with Gasteiger partial charge in [0.15, 0.2) is 0 Å². The molecule has 0 saturated carbocycles. The van der Waals surface area contributed by atoms with Gasteiger partial charge in [0, 0.05) is 54.5 Å². The normalized spacial score (nSPS) is 13.5. The summed E-state index contributed by atoms with van der Waals surface area (Å²) in [6, 6.07) is 19.6. The van der Waals surface area contributed by atoms with E-state index in [9.17, 15) is 10.1 Å². The van der Waals surface area contributed by atoms with Crippen LogP contribution in [0.4, 0.5) is 5.69 Å². The van der Waals surface area contributed by atoms with Gasteiger partial charge in [-0.3, -0.25) is 14.8 Å². The van der Waals surface area contributed by atoms with Gasteiger partial charge in [-0.2, -0.15) is 5.26 Å². The van der Waals surface area contributed by atoms with Crippen LogP contribution in [-0.2, 0) is 0 Å². The van der Waals surface area contributed by atoms with Crippen LogP contribution in [0.3, 0.4) is 0 Å². The molecule has 31 heavy (non-hydrogen) atoms. The molecule has 1 N–H and O–H groups in total. The number of pyridine rings is 2. The molecular weight excluding hydrogens is 386 g/mol. The van der Waals surface area contributed by atoms with Gasteiger partial charge in [-0.1, -0.05) is 12.1 Å². The lowest BCUT2D eigenvalue weighted by Gasteiger charge is -2.40. The highest BCUT2D eigenvalue weighted by atomic mass is 16.2. The molecule has 1 aliphatic rings. The first kappa shape index (κ1) is 18.8. The quantitative estimate of drug-likeness (QED) is 0.553. The number of rotatable bonds is 4. The highest BCUT2D eigenvalue weighted by Gasteiger charge is 2.31. The molecule has 4 aromatic rings. The van der Waals surface area contributed by atoms with Crippen LogP contribution in [0.25, 0.3) is 21.9 Å². The zero-order chi connectivity index (χ0) is 21.2. The Hall–Kier alpha value is -4.24. The van der Waals surface area contributed by atoms with Crippen molar-refractivity contribution in [1.29, 1.82) is 5.26 Å². The first-order chi connectivity index (χ1) is 15.2. The van der Waals surface area contributed by atoms with Crippen LogP contribution in [0.15, 0.2) is 79.4 Å². The molecule has 1 fully saturated rings. The third kappa shape index (κ3) is 3.69. The van der Waals surface area contributed by atoms with Gasteiger partial charge in [0.2, 0.25) is 0 Å². The Labute approximate surface area is 179 Å². The van der Waals surface area contributed by atoms with E-state index in [1.54, 1.807) is 36.8 Å². The molecule has 0 unspecified atom stereocenters. The van der Waals surface area contributed by atoms with Gasteiger partial charge in [0.25, 0.3) is 5.91 Å². The topological polar surface area (TPSA) is 81.9 Å². The second-order valence-corrected chi connectivity index (χ2v) is 7.60. The van der Waals surface area contributed by atoms with Crippen LogP contribution in [-0.4, -0.2) is 39.9 Å². The van der Waals surface area contributed by atoms with Gasteiger partial charge in [-0.25, -0.2) is 0 Å². The van der Waals surface area contributed by atoms with Crippen molar-refractivity contribution >= 4 is 22.4 Å². The lowest BCUT2D eigenvalue weighted by atomic mass is 9.98. The maximum atomic E-state index is 12.6. The Balaban J connectivity index is 1.40. The van der Waals surface area contributed by atoms with E-state index < -0.39 is 0 Å². The smallest absolute Gasteiger partial charge is 0.254 e. The highest BCUT2D eigenvalue weighted by Crippen LogP contribution is 2.32. The molecule has 0 aliphatic carbocycles. The lowest BCUT2D eigenvalue weighted by molar-refractivity contribution is 0.0625. The number of benzene rings is 2. The van der Waals surface area contributed by atoms with Gasteiger partial charge in [-0.05, 0) is 59.0 Å². The fourth-order valence-electron chi connectivity index (χ4n) is 3.89. The van der Waals surface area contributed by atoms with Gasteiger partial charge in [0.05, 0.1) is 17.7 Å². The number of nitriles is 1. The average Bonchev–Trinajstić information content (AvgIpc) is 2.81. The second-order valence-electron chi connectivity index (χ2n) is 7.60. The van der Waals surface area contributed by atoms with E-state index in [-0.39, 0.29) is 11.9 Å². The standard InChI is InChI=1S/C25H19N5O/c26-13-17-2-1-3-19(10-17)21-11-20-6-9-28-14-23(20)24(12-21)29-22-15-30(16-22)25(31)18-4-7-27-8-5-18/h1-12,14,22,29H,15-16H2. The summed E-state index contributed by atoms with van der Waals surface area (Å²) in [4.78, 5) is 22.6. The number of nitrogens with zero attached hydrogens (tertiary/aromatic N) is 4. The van der Waals surface area contributed by atoms with Crippen LogP contribution < -0.4 is 5.32 Å². The van der Waals surface area contributed by atoms with Crippen LogP contribution in [0, 0.1) is 11.3 Å². The van der Waals surface area contributed by atoms with E-state index >= 15 is 0 Å². The van der Waals surface area contributed by atoms with Crippen molar-refractivity contribution in [1.82, 2.24) is 14.9 Å². The molecule has 6 heteroatoms. The van der Waals surface area contributed by atoms with Crippen LogP contribution in [0.5, 0.6) is 0 Å². The molecule has 1 saturated heterocycles. The molecule has 0 radical (unpaired) electrons. The number of hydrogen-bond acceptors (Lipinski definition) is 5. The Bertz CT molecular complexity index is 1310. The summed E-state index contributed by atoms with van der Waals surface area (Å²) in [5.74, 6) is 0.0223. The van der Waals surface area contributed by atoms with Crippen molar-refractivity contribution in [3.05, 3.63) is 90.5 Å². The first-order valence-corrected chi connectivity index (χ1v) is 10.1. The fraction of sp³-hybridized carbons (Fsp3) is 0.120. The number of likely N-dealkylation sites (tertiary alicyclic amines) is 1. The van der Waals surface area contributed by atoms with Crippen LogP contribution in [0.2, 0.25) is 0 Å². The maximum absolute atomic E-state index is 12.6. The molecule has 150 valence electrons. The summed E-state index contributed by atoms with van der Waals surface area (Å²) in [6.45, 7) is 1.27. The van der Waals surface area contributed by atoms with E-state index in [1.807, 2.05) is 35.4 Å². The molecule has 0 bridgehead atoms. The molecule has 2 aromatic carbocycles. The van der Waals surface area contributed by atoms with E-state index in [4.69, 9.17) is 0 Å². The number of fused-ring (bicyclic) bond motifs is 1. The van der Waals surface area contributed by atoms with Crippen molar-refractivity contribution in [2.75, 3.05) is 18.4 Å². The average molecular weight is 405 g/mol. The summed E-state index contributed by atoms with van der Waals surface area (Å²) >= 11 is 0. The zero-order valence-corrected chi connectivity index (χ0v) is 16.7. The molecule has 3 heterocycles. The summed E-state index contributed by atoms with van der Waals surface area (Å²) in [5, 5.41) is 14.9. The van der Waals surface area contributed by atoms with E-state index in [0.717, 1.165) is 27.6 Å². The molecule has 1 amide bonds. The van der Waals surface area contributed by atoms with E-state index in [0.29, 0.717) is 24.2 Å². The SMILES string of the molecule is N#Cc1cccc(-c2cc(NC3CN(C(=O)c4ccncc4)C3)c3cnccc3c2)c1. The Morgan fingerprint density at radius 3 is 2.61 bits per heavy atom. The van der Waals surface area contributed by atoms with Gasteiger partial charge < -0.3 is 10.2 Å². The van der Waals surface area contributed by atoms with Crippen molar-refractivity contribution in [2.45, 2.75) is 6.04 Å². The number of carbonyl (C=O) groups excluding carboxylic acids is 1. The number of aromatic nitrogens is 2. The minimum absolute atomic E-state index is 0.0223. The van der Waals surface area contributed by atoms with Crippen molar-refractivity contribution in [2.24, 2.45) is 0 Å². The predicted molar refractivity (Wildman–Crippen MR) is 119 cm³/mol. The van der Waals surface area contributed by atoms with Crippen molar-refractivity contribution in [3.8, 4) is 17.2 Å². The molecular formula is C25H19N5O. The monoisotopic (exact) mass is 405 g/mol. The minimum Gasteiger partial charge on any atom is -0.378 e. The number of hydrogen-bond donors (Lipinski definition) is 1. The summed E-state index contributed by atoms with van der Waals surface area (Å²) in [7, 11) is 0. The molecule has 6 nitrogen and oxygen atoms in total. The molecule has 2 aromatic heterocycles. The summed E-state index contributed by atoms with van der Waals surface area (Å²) < 4.78 is 0. The number of nitrogens with one attached hydrogen (secondary N) is 1. The Morgan fingerprint density at radius 2 is 1.81 bits per heavy atom. The van der Waals surface area contributed by atoms with Gasteiger partial charge in [0.1, 0.15) is 0 Å². The maximum Gasteiger partial charge on any atom is 0.254 e. The van der Waals surface area contributed by atoms with Crippen molar-refractivity contribution < 1.29 is 4.79 Å². The minimum atomic E-state index is 0.0223. The molecule has 0 spiro atoms. The molecule has 5 rings (SSSR count). The largest absolute Gasteiger partial charge is 0.378 e. The van der Waals surface area contributed by atoms with Crippen molar-refractivity contribution in [3.63, 3.8) is 0 Å². The summed E-state index contributed by atoms with van der Waals surface area (Å²) in [5.41, 5.74) is 4.28. The fourth-order valence-corrected chi connectivity index (χ4v) is 3.89. The zero-order valence-electron chi connectivity index (χ0n) is 16.7. The van der Waals surface area contributed by atoms with E-state index in [2.05, 4.69) is 33.5 Å². The first-order valence-electron chi connectivity index (χ1n) is 10.1. The second kappa shape index (κ2) is 7.88.